The molecule has 1 saturated carbocycles. The van der Waals surface area contributed by atoms with Gasteiger partial charge in [0.15, 0.2) is 0 Å². The summed E-state index contributed by atoms with van der Waals surface area (Å²) in [7, 11) is 0. The second-order valence-corrected chi connectivity index (χ2v) is 7.71. The van der Waals surface area contributed by atoms with Gasteiger partial charge in [-0.3, -0.25) is 0 Å². The summed E-state index contributed by atoms with van der Waals surface area (Å²) < 4.78 is 5.40. The smallest absolute Gasteiger partial charge is 0.424 e. The molecule has 2 aromatic rings. The maximum atomic E-state index is 12.5. The van der Waals surface area contributed by atoms with E-state index in [9.17, 15) is 4.79 Å². The van der Waals surface area contributed by atoms with E-state index in [-0.39, 0.29) is 18.2 Å². The minimum absolute atomic E-state index is 0.0229. The molecule has 4 rings (SSSR count). The average molecular weight is 364 g/mol. The standard InChI is InChI=1S/C23H28N2O2/c26-23-25(21(17-27-23)16-18-10-4-1-5-11-18)24-22(19-12-6-2-7-13-19)20-14-8-3-9-15-20/h1-2,4-7,10-13,20-22,24H,3,8-9,14-17H2/t21-,22+/m0/s1. The van der Waals surface area contributed by atoms with E-state index in [1.54, 1.807) is 5.01 Å². The summed E-state index contributed by atoms with van der Waals surface area (Å²) in [5.74, 6) is 0.548. The summed E-state index contributed by atoms with van der Waals surface area (Å²) in [6.45, 7) is 0.437. The highest BCUT2D eigenvalue weighted by Crippen LogP contribution is 2.35. The van der Waals surface area contributed by atoms with Gasteiger partial charge in [-0.1, -0.05) is 79.9 Å². The van der Waals surface area contributed by atoms with Crippen molar-refractivity contribution in [2.45, 2.75) is 50.6 Å². The first kappa shape index (κ1) is 18.1. The van der Waals surface area contributed by atoms with Gasteiger partial charge in [0, 0.05) is 0 Å². The number of hydrogen-bond donors (Lipinski definition) is 1. The van der Waals surface area contributed by atoms with Gasteiger partial charge < -0.3 is 4.74 Å². The lowest BCUT2D eigenvalue weighted by atomic mass is 9.81. The predicted octanol–water partition coefficient (Wildman–Crippen LogP) is 4.88. The third-order valence-corrected chi connectivity index (χ3v) is 5.83. The van der Waals surface area contributed by atoms with Crippen LogP contribution < -0.4 is 5.43 Å². The SMILES string of the molecule is O=C1OC[C@H](Cc2ccccc2)N1N[C@H](c1ccccc1)C1CCCCC1. The molecule has 4 heteroatoms. The molecule has 1 aliphatic carbocycles. The Hall–Kier alpha value is -2.33. The zero-order valence-corrected chi connectivity index (χ0v) is 15.7. The van der Waals surface area contributed by atoms with E-state index in [2.05, 4.69) is 41.8 Å². The van der Waals surface area contributed by atoms with Crippen LogP contribution in [0, 0.1) is 5.92 Å². The number of rotatable bonds is 6. The molecule has 1 aliphatic heterocycles. The first-order valence-corrected chi connectivity index (χ1v) is 10.1. The molecule has 142 valence electrons. The Balaban J connectivity index is 1.53. The van der Waals surface area contributed by atoms with E-state index in [0.29, 0.717) is 12.5 Å². The first-order valence-electron chi connectivity index (χ1n) is 10.1. The number of nitrogens with one attached hydrogen (secondary N) is 1. The van der Waals surface area contributed by atoms with E-state index >= 15 is 0 Å². The van der Waals surface area contributed by atoms with Gasteiger partial charge in [-0.15, -0.1) is 0 Å². The molecule has 2 aromatic carbocycles. The lowest BCUT2D eigenvalue weighted by Crippen LogP contribution is -2.49. The summed E-state index contributed by atoms with van der Waals surface area (Å²) in [4.78, 5) is 12.5. The van der Waals surface area contributed by atoms with Crippen LogP contribution in [0.25, 0.3) is 0 Å². The molecule has 0 spiro atoms. The monoisotopic (exact) mass is 364 g/mol. The van der Waals surface area contributed by atoms with Crippen molar-refractivity contribution < 1.29 is 9.53 Å². The molecule has 27 heavy (non-hydrogen) atoms. The van der Waals surface area contributed by atoms with Gasteiger partial charge in [0.25, 0.3) is 0 Å². The summed E-state index contributed by atoms with van der Waals surface area (Å²) in [5.41, 5.74) is 6.06. The van der Waals surface area contributed by atoms with Gasteiger partial charge in [0.1, 0.15) is 6.61 Å². The molecular formula is C23H28N2O2. The van der Waals surface area contributed by atoms with Crippen LogP contribution in [-0.4, -0.2) is 23.8 Å². The molecule has 2 atom stereocenters. The molecule has 1 N–H and O–H groups in total. The highest BCUT2D eigenvalue weighted by molar-refractivity contribution is 5.69. The summed E-state index contributed by atoms with van der Waals surface area (Å²) in [6, 6.07) is 21.0. The van der Waals surface area contributed by atoms with Crippen LogP contribution in [0.2, 0.25) is 0 Å². The maximum Gasteiger partial charge on any atom is 0.424 e. The number of nitrogens with zero attached hydrogens (tertiary/aromatic N) is 1. The average Bonchev–Trinajstić information content (AvgIpc) is 3.07. The second kappa shape index (κ2) is 8.57. The second-order valence-electron chi connectivity index (χ2n) is 7.71. The van der Waals surface area contributed by atoms with Crippen LogP contribution >= 0.6 is 0 Å². The summed E-state index contributed by atoms with van der Waals surface area (Å²) in [5, 5.41) is 1.75. The Morgan fingerprint density at radius 3 is 2.33 bits per heavy atom. The van der Waals surface area contributed by atoms with Crippen molar-refractivity contribution >= 4 is 6.09 Å². The van der Waals surface area contributed by atoms with Crippen LogP contribution in [0.15, 0.2) is 60.7 Å². The minimum atomic E-state index is -0.257. The third-order valence-electron chi connectivity index (χ3n) is 5.83. The van der Waals surface area contributed by atoms with E-state index < -0.39 is 0 Å². The van der Waals surface area contributed by atoms with Crippen LogP contribution in [-0.2, 0) is 11.2 Å². The van der Waals surface area contributed by atoms with Crippen molar-refractivity contribution in [2.75, 3.05) is 6.61 Å². The van der Waals surface area contributed by atoms with E-state index in [4.69, 9.17) is 4.74 Å². The van der Waals surface area contributed by atoms with Gasteiger partial charge in [0.2, 0.25) is 0 Å². The minimum Gasteiger partial charge on any atom is -0.446 e. The largest absolute Gasteiger partial charge is 0.446 e. The Kier molecular flexibility index (Phi) is 5.73. The van der Waals surface area contributed by atoms with Gasteiger partial charge in [-0.25, -0.2) is 15.2 Å². The molecule has 1 heterocycles. The lowest BCUT2D eigenvalue weighted by Gasteiger charge is -2.35. The number of carbonyl (C=O) groups is 1. The van der Waals surface area contributed by atoms with E-state index in [0.717, 1.165) is 6.42 Å². The summed E-state index contributed by atoms with van der Waals surface area (Å²) >= 11 is 0. The van der Waals surface area contributed by atoms with Crippen molar-refractivity contribution in [1.82, 2.24) is 10.4 Å². The number of hydrazine groups is 1. The third kappa shape index (κ3) is 4.33. The zero-order chi connectivity index (χ0) is 18.5. The normalized spacial score (nSPS) is 21.9. The molecular weight excluding hydrogens is 336 g/mol. The Bertz CT molecular complexity index is 729. The molecule has 2 fully saturated rings. The molecule has 0 unspecified atom stereocenters. The fourth-order valence-electron chi connectivity index (χ4n) is 4.38. The molecule has 0 radical (unpaired) electrons. The van der Waals surface area contributed by atoms with Crippen LogP contribution in [0.4, 0.5) is 4.79 Å². The summed E-state index contributed by atoms with van der Waals surface area (Å²) in [6.07, 6.45) is 6.82. The van der Waals surface area contributed by atoms with Gasteiger partial charge in [-0.05, 0) is 36.3 Å². The van der Waals surface area contributed by atoms with E-state index in [1.165, 1.54) is 43.2 Å². The zero-order valence-electron chi connectivity index (χ0n) is 15.7. The fraction of sp³-hybridized carbons (Fsp3) is 0.435. The molecule has 0 bridgehead atoms. The number of cyclic esters (lactones) is 1. The van der Waals surface area contributed by atoms with Crippen molar-refractivity contribution in [3.8, 4) is 0 Å². The Morgan fingerprint density at radius 1 is 0.963 bits per heavy atom. The Labute approximate surface area is 161 Å². The van der Waals surface area contributed by atoms with Crippen LogP contribution in [0.3, 0.4) is 0 Å². The van der Waals surface area contributed by atoms with Crippen LogP contribution in [0.5, 0.6) is 0 Å². The molecule has 4 nitrogen and oxygen atoms in total. The molecule has 1 saturated heterocycles. The number of amides is 1. The van der Waals surface area contributed by atoms with Crippen molar-refractivity contribution in [3.63, 3.8) is 0 Å². The quantitative estimate of drug-likeness (QED) is 0.794. The first-order chi connectivity index (χ1) is 13.3. The van der Waals surface area contributed by atoms with Gasteiger partial charge in [0.05, 0.1) is 12.1 Å². The Morgan fingerprint density at radius 2 is 1.63 bits per heavy atom. The fourth-order valence-corrected chi connectivity index (χ4v) is 4.38. The number of hydrogen-bond acceptors (Lipinski definition) is 3. The molecule has 1 amide bonds. The highest BCUT2D eigenvalue weighted by Gasteiger charge is 2.37. The number of benzene rings is 2. The lowest BCUT2D eigenvalue weighted by molar-refractivity contribution is 0.111. The molecule has 0 aromatic heterocycles. The van der Waals surface area contributed by atoms with Crippen molar-refractivity contribution in [3.05, 3.63) is 71.8 Å². The van der Waals surface area contributed by atoms with E-state index in [1.807, 2.05) is 24.3 Å². The molecule has 2 aliphatic rings. The topological polar surface area (TPSA) is 41.6 Å². The highest BCUT2D eigenvalue weighted by atomic mass is 16.6. The van der Waals surface area contributed by atoms with Crippen LogP contribution in [0.1, 0.15) is 49.3 Å². The maximum absolute atomic E-state index is 12.5. The van der Waals surface area contributed by atoms with Crippen molar-refractivity contribution in [2.24, 2.45) is 5.92 Å². The van der Waals surface area contributed by atoms with Crippen molar-refractivity contribution in [1.29, 1.82) is 0 Å². The van der Waals surface area contributed by atoms with Gasteiger partial charge in [-0.2, -0.15) is 0 Å². The predicted molar refractivity (Wildman–Crippen MR) is 106 cm³/mol. The number of carbonyl (C=O) groups excluding carboxylic acids is 1. The number of ether oxygens (including phenoxy) is 1. The van der Waals surface area contributed by atoms with Gasteiger partial charge >= 0.3 is 6.09 Å².